The average molecular weight is 1210 g/mol. The molecule has 10 aromatic rings. The van der Waals surface area contributed by atoms with Crippen LogP contribution in [0.3, 0.4) is 0 Å². The van der Waals surface area contributed by atoms with E-state index < -0.39 is 83.6 Å². The van der Waals surface area contributed by atoms with E-state index in [1.54, 1.807) is 0 Å². The van der Waals surface area contributed by atoms with E-state index in [4.69, 9.17) is 20.0 Å². The van der Waals surface area contributed by atoms with Crippen molar-refractivity contribution in [2.75, 3.05) is 0 Å². The highest BCUT2D eigenvalue weighted by Gasteiger charge is 2.48. The number of imidazole rings is 2. The number of carbonyl (C=O) groups is 2. The molecular weight excluding hydrogens is 1170 g/mol. The van der Waals surface area contributed by atoms with Crippen molar-refractivity contribution in [1.29, 1.82) is 10.5 Å². The topological polar surface area (TPSA) is 202 Å². The number of fused-ring (bicyclic) bond motifs is 2. The number of hydrogen-bond acceptors (Lipinski definition) is 10. The van der Waals surface area contributed by atoms with Gasteiger partial charge in [0.25, 0.3) is 0 Å². The molecule has 14 nitrogen and oxygen atoms in total. The molecule has 4 atom stereocenters. The molecule has 0 bridgehead atoms. The van der Waals surface area contributed by atoms with Crippen molar-refractivity contribution in [1.82, 2.24) is 29.1 Å². The van der Waals surface area contributed by atoms with Gasteiger partial charge in [0, 0.05) is 71.1 Å². The van der Waals surface area contributed by atoms with Crippen LogP contribution in [0.4, 0.5) is 43.9 Å². The molecule has 0 radical (unpaired) electrons. The summed E-state index contributed by atoms with van der Waals surface area (Å²) in [5.74, 6) is -8.33. The molecule has 4 heterocycles. The molecule has 4 aromatic heterocycles. The van der Waals surface area contributed by atoms with E-state index in [0.717, 1.165) is 36.4 Å². The summed E-state index contributed by atoms with van der Waals surface area (Å²) in [6, 6.07) is 31.2. The molecule has 0 unspecified atom stereocenters. The SMILES string of the molecule is N#Cc1ccc(COc2cccc(-c3cc(F)c(Cc4nc5ccc(C(=O)O)cc5n4[C@@H]4C[C@@H]4C(F)F)cc3F)n2)c(F)c1.N#Cc1ccc(COc2cccc(-c3cc(F)c(Cc4nc5ccc(C(=O)O)cc5n4[C@@H]4C[C@@H]4C(F)F)cc3F)n2)c(F)c1. The van der Waals surface area contributed by atoms with Crippen molar-refractivity contribution in [3.8, 4) is 46.4 Å². The Morgan fingerprint density at radius 2 is 0.898 bits per heavy atom. The molecule has 88 heavy (non-hydrogen) atoms. The number of pyridine rings is 2. The molecule has 2 aliphatic carbocycles. The van der Waals surface area contributed by atoms with Gasteiger partial charge in [0.2, 0.25) is 24.6 Å². The first-order valence-electron chi connectivity index (χ1n) is 26.8. The molecule has 0 spiro atoms. The van der Waals surface area contributed by atoms with Gasteiger partial charge in [-0.2, -0.15) is 10.5 Å². The van der Waals surface area contributed by atoms with Crippen LogP contribution in [0.2, 0.25) is 0 Å². The first kappa shape index (κ1) is 59.1. The van der Waals surface area contributed by atoms with Gasteiger partial charge in [0.05, 0.1) is 67.8 Å². The number of halogens is 10. The molecule has 12 rings (SSSR count). The number of carboxylic acids is 2. The monoisotopic (exact) mass is 1210 g/mol. The lowest BCUT2D eigenvalue weighted by Crippen LogP contribution is -2.08. The van der Waals surface area contributed by atoms with E-state index in [-0.39, 0.29) is 129 Å². The molecule has 0 saturated heterocycles. The minimum Gasteiger partial charge on any atom is -0.478 e. The van der Waals surface area contributed by atoms with E-state index >= 15 is 17.6 Å². The van der Waals surface area contributed by atoms with Gasteiger partial charge in [0.1, 0.15) is 59.8 Å². The molecule has 0 aliphatic heterocycles. The summed E-state index contributed by atoms with van der Waals surface area (Å²) in [5.41, 5.74) is 1.51. The number of alkyl halides is 4. The maximum atomic E-state index is 15.4. The van der Waals surface area contributed by atoms with Crippen molar-refractivity contribution in [3.05, 3.63) is 225 Å². The van der Waals surface area contributed by atoms with Gasteiger partial charge in [-0.15, -0.1) is 0 Å². The number of nitriles is 2. The number of ether oxygens (including phenoxy) is 2. The van der Waals surface area contributed by atoms with Gasteiger partial charge >= 0.3 is 11.9 Å². The third kappa shape index (κ3) is 12.4. The Morgan fingerprint density at radius 3 is 1.25 bits per heavy atom. The lowest BCUT2D eigenvalue weighted by Gasteiger charge is -2.12. The number of nitrogens with zero attached hydrogens (tertiary/aromatic N) is 8. The third-order valence-corrected chi connectivity index (χ3v) is 15.0. The van der Waals surface area contributed by atoms with Crippen molar-refractivity contribution < 1.29 is 73.2 Å². The van der Waals surface area contributed by atoms with Gasteiger partial charge < -0.3 is 28.8 Å². The van der Waals surface area contributed by atoms with Crippen LogP contribution in [0, 0.1) is 69.4 Å². The van der Waals surface area contributed by atoms with Crippen molar-refractivity contribution in [2.24, 2.45) is 11.8 Å². The smallest absolute Gasteiger partial charge is 0.335 e. The van der Waals surface area contributed by atoms with Crippen molar-refractivity contribution >= 4 is 34.0 Å². The van der Waals surface area contributed by atoms with Crippen LogP contribution in [-0.2, 0) is 26.1 Å². The fourth-order valence-electron chi connectivity index (χ4n) is 10.3. The van der Waals surface area contributed by atoms with E-state index in [2.05, 4.69) is 19.9 Å². The Morgan fingerprint density at radius 1 is 0.500 bits per heavy atom. The fourth-order valence-corrected chi connectivity index (χ4v) is 10.3. The number of aromatic carboxylic acids is 2. The molecule has 2 fully saturated rings. The minimum absolute atomic E-state index is 0.0302. The van der Waals surface area contributed by atoms with Crippen LogP contribution in [0.1, 0.15) is 90.7 Å². The highest BCUT2D eigenvalue weighted by atomic mass is 19.3. The number of aromatic nitrogens is 6. The first-order valence-corrected chi connectivity index (χ1v) is 26.8. The number of carboxylic acid groups (broad SMARTS) is 2. The van der Waals surface area contributed by atoms with Gasteiger partial charge in [0.15, 0.2) is 0 Å². The second kappa shape index (κ2) is 24.4. The molecule has 0 amide bonds. The predicted octanol–water partition coefficient (Wildman–Crippen LogP) is 14.2. The third-order valence-electron chi connectivity index (χ3n) is 15.0. The Kier molecular flexibility index (Phi) is 16.4. The molecule has 2 N–H and O–H groups in total. The summed E-state index contributed by atoms with van der Waals surface area (Å²) in [6.45, 7) is -0.432. The summed E-state index contributed by atoms with van der Waals surface area (Å²) in [5, 5.41) is 36.6. The Hall–Kier alpha value is -10.6. The fraction of sp³-hybridized carbons (Fsp3) is 0.188. The van der Waals surface area contributed by atoms with Crippen LogP contribution >= 0.6 is 0 Å². The zero-order valence-electron chi connectivity index (χ0n) is 45.3. The summed E-state index contributed by atoms with van der Waals surface area (Å²) < 4.78 is 158. The van der Waals surface area contributed by atoms with E-state index in [0.29, 0.717) is 22.1 Å². The van der Waals surface area contributed by atoms with Gasteiger partial charge in [-0.1, -0.05) is 24.3 Å². The van der Waals surface area contributed by atoms with Crippen LogP contribution in [0.15, 0.2) is 133 Å². The Labute approximate surface area is 491 Å². The number of benzene rings is 6. The molecule has 6 aromatic carbocycles. The van der Waals surface area contributed by atoms with Crippen LogP contribution in [0.5, 0.6) is 11.8 Å². The highest BCUT2D eigenvalue weighted by Crippen LogP contribution is 2.51. The highest BCUT2D eigenvalue weighted by molar-refractivity contribution is 5.93. The van der Waals surface area contributed by atoms with Gasteiger partial charge in [-0.05, 0) is 121 Å². The van der Waals surface area contributed by atoms with Crippen LogP contribution < -0.4 is 9.47 Å². The first-order chi connectivity index (χ1) is 42.2. The second-order valence-electron chi connectivity index (χ2n) is 20.8. The number of rotatable bonds is 18. The molecule has 24 heteroatoms. The standard InChI is InChI=1S/2C32H21F5N4O3/c2*33-22-8-16(14-38)4-5-18(22)15-44-30-3-1-2-25(40-30)20-12-23(34)19(9-24(20)35)11-29-39-26-7-6-17(32(42)43)10-28(26)41(29)27-13-21(27)31(36)37/h2*1-10,12,21,27,31H,11,13,15H2,(H,42,43)/t2*21-,27+/m00/s1. The van der Waals surface area contributed by atoms with Crippen LogP contribution in [-0.4, -0.2) is 64.1 Å². The lowest BCUT2D eigenvalue weighted by molar-refractivity contribution is 0.0686. The normalized spacial score (nSPS) is 15.8. The van der Waals surface area contributed by atoms with E-state index in [9.17, 15) is 46.1 Å². The van der Waals surface area contributed by atoms with Gasteiger partial charge in [-0.3, -0.25) is 0 Å². The maximum Gasteiger partial charge on any atom is 0.335 e. The van der Waals surface area contributed by atoms with E-state index in [1.165, 1.54) is 106 Å². The molecule has 2 saturated carbocycles. The predicted molar refractivity (Wildman–Crippen MR) is 295 cm³/mol. The summed E-state index contributed by atoms with van der Waals surface area (Å²) >= 11 is 0. The quantitative estimate of drug-likeness (QED) is 0.0771. The Balaban J connectivity index is 0.000000182. The molecule has 444 valence electrons. The summed E-state index contributed by atoms with van der Waals surface area (Å²) in [6.07, 6.45) is -5.39. The summed E-state index contributed by atoms with van der Waals surface area (Å²) in [7, 11) is 0. The Bertz CT molecular complexity index is 4220. The largest absolute Gasteiger partial charge is 0.478 e. The zero-order valence-corrected chi connectivity index (χ0v) is 45.3. The molecule has 2 aliphatic rings. The minimum atomic E-state index is -2.60. The maximum absolute atomic E-state index is 15.4. The van der Waals surface area contributed by atoms with E-state index in [1.807, 2.05) is 12.1 Å². The second-order valence-corrected chi connectivity index (χ2v) is 20.8. The van der Waals surface area contributed by atoms with Crippen molar-refractivity contribution in [3.63, 3.8) is 0 Å². The van der Waals surface area contributed by atoms with Crippen LogP contribution in [0.25, 0.3) is 44.6 Å². The van der Waals surface area contributed by atoms with Gasteiger partial charge in [-0.25, -0.2) is 73.4 Å². The zero-order chi connectivity index (χ0) is 62.2. The lowest BCUT2D eigenvalue weighted by atomic mass is 10.0. The van der Waals surface area contributed by atoms with Crippen molar-refractivity contribution in [2.45, 2.75) is 63.8 Å². The average Bonchev–Trinajstić information content (AvgIpc) is 1.80. The summed E-state index contributed by atoms with van der Waals surface area (Å²) in [4.78, 5) is 40.4. The molecular formula is C64H42F10N8O6. The number of hydrogen-bond donors (Lipinski definition) is 2.